The maximum absolute atomic E-state index is 12.7. The van der Waals surface area contributed by atoms with E-state index in [2.05, 4.69) is 15.3 Å². The number of nitrogens with zero attached hydrogens (tertiary/aromatic N) is 3. The third kappa shape index (κ3) is 3.11. The lowest BCUT2D eigenvalue weighted by Crippen LogP contribution is -2.23. The Morgan fingerprint density at radius 2 is 2.00 bits per heavy atom. The van der Waals surface area contributed by atoms with Gasteiger partial charge in [-0.2, -0.15) is 0 Å². The average Bonchev–Trinajstić information content (AvgIpc) is 3.11. The zero-order valence-corrected chi connectivity index (χ0v) is 16.5. The Bertz CT molecular complexity index is 1280. The fourth-order valence-electron chi connectivity index (χ4n) is 3.10. The first kappa shape index (κ1) is 18.1. The van der Waals surface area contributed by atoms with Gasteiger partial charge < -0.3 is 14.6 Å². The highest BCUT2D eigenvalue weighted by atomic mass is 32.1. The summed E-state index contributed by atoms with van der Waals surface area (Å²) in [5.74, 6) is -0.244. The maximum Gasteiger partial charge on any atom is 0.274 e. The largest absolute Gasteiger partial charge is 0.473 e. The number of nitrogens with one attached hydrogen (secondary N) is 1. The molecule has 0 spiro atoms. The van der Waals surface area contributed by atoms with Crippen molar-refractivity contribution in [2.24, 2.45) is 0 Å². The van der Waals surface area contributed by atoms with E-state index in [0.29, 0.717) is 39.7 Å². The van der Waals surface area contributed by atoms with Gasteiger partial charge in [0, 0.05) is 17.8 Å². The summed E-state index contributed by atoms with van der Waals surface area (Å²) >= 11 is 1.42. The molecular formula is C20H18N4O3S. The number of fused-ring (bicyclic) bond motifs is 2. The summed E-state index contributed by atoms with van der Waals surface area (Å²) in [7, 11) is 1.58. The van der Waals surface area contributed by atoms with Crippen LogP contribution >= 0.6 is 11.3 Å². The van der Waals surface area contributed by atoms with Crippen molar-refractivity contribution in [1.82, 2.24) is 14.5 Å². The van der Waals surface area contributed by atoms with Crippen LogP contribution in [0, 0.1) is 6.92 Å². The lowest BCUT2D eigenvalue weighted by atomic mass is 10.1. The number of anilines is 1. The maximum atomic E-state index is 12.7. The zero-order valence-electron chi connectivity index (χ0n) is 15.6. The summed E-state index contributed by atoms with van der Waals surface area (Å²) in [6, 6.07) is 10.7. The van der Waals surface area contributed by atoms with Gasteiger partial charge in [0.15, 0.2) is 0 Å². The molecule has 0 saturated heterocycles. The number of hydrogen-bond acceptors (Lipinski definition) is 6. The molecule has 8 heteroatoms. The summed E-state index contributed by atoms with van der Waals surface area (Å²) in [5.41, 5.74) is 3.61. The Morgan fingerprint density at radius 3 is 2.75 bits per heavy atom. The molecule has 2 aromatic carbocycles. The molecular weight excluding hydrogens is 376 g/mol. The minimum atomic E-state index is -0.244. The first-order chi connectivity index (χ1) is 13.5. The van der Waals surface area contributed by atoms with E-state index < -0.39 is 0 Å². The third-order valence-electron chi connectivity index (χ3n) is 4.49. The number of thiazole rings is 1. The lowest BCUT2D eigenvalue weighted by Gasteiger charge is -2.10. The molecule has 0 bridgehead atoms. The summed E-state index contributed by atoms with van der Waals surface area (Å²) in [6.45, 7) is 4.13. The molecule has 0 fully saturated rings. The van der Waals surface area contributed by atoms with Crippen LogP contribution in [0.1, 0.15) is 23.0 Å². The van der Waals surface area contributed by atoms with Crippen LogP contribution in [-0.4, -0.2) is 27.6 Å². The number of aryl methyl sites for hydroxylation is 2. The molecule has 2 aromatic heterocycles. The van der Waals surface area contributed by atoms with Crippen LogP contribution in [0.4, 0.5) is 5.69 Å². The van der Waals surface area contributed by atoms with E-state index in [1.54, 1.807) is 42.9 Å². The van der Waals surface area contributed by atoms with Crippen LogP contribution in [0.15, 0.2) is 41.2 Å². The van der Waals surface area contributed by atoms with E-state index in [-0.39, 0.29) is 11.5 Å². The normalized spacial score (nSPS) is 11.1. The van der Waals surface area contributed by atoms with Crippen molar-refractivity contribution in [1.29, 1.82) is 0 Å². The molecule has 2 heterocycles. The van der Waals surface area contributed by atoms with Crippen molar-refractivity contribution in [3.05, 3.63) is 58.0 Å². The van der Waals surface area contributed by atoms with Crippen LogP contribution in [0.3, 0.4) is 0 Å². The van der Waals surface area contributed by atoms with E-state index in [1.807, 2.05) is 19.1 Å². The molecule has 0 aliphatic rings. The predicted molar refractivity (Wildman–Crippen MR) is 111 cm³/mol. The zero-order chi connectivity index (χ0) is 19.8. The van der Waals surface area contributed by atoms with Gasteiger partial charge in [0.2, 0.25) is 0 Å². The van der Waals surface area contributed by atoms with Gasteiger partial charge in [-0.1, -0.05) is 11.3 Å². The van der Waals surface area contributed by atoms with Gasteiger partial charge in [-0.3, -0.25) is 9.59 Å². The summed E-state index contributed by atoms with van der Waals surface area (Å²) in [4.78, 5) is 33.6. The second-order valence-electron chi connectivity index (χ2n) is 6.27. The molecule has 7 nitrogen and oxygen atoms in total. The second-order valence-corrected chi connectivity index (χ2v) is 7.26. The molecule has 1 amide bonds. The van der Waals surface area contributed by atoms with E-state index in [0.717, 1.165) is 10.2 Å². The number of ether oxygens (including phenoxy) is 1. The molecule has 0 radical (unpaired) electrons. The minimum Gasteiger partial charge on any atom is -0.473 e. The fraction of sp³-hybridized carbons (Fsp3) is 0.200. The quantitative estimate of drug-likeness (QED) is 0.572. The van der Waals surface area contributed by atoms with Crippen LogP contribution in [0.25, 0.3) is 21.3 Å². The third-order valence-corrected chi connectivity index (χ3v) is 5.47. The van der Waals surface area contributed by atoms with Gasteiger partial charge in [-0.25, -0.2) is 9.97 Å². The van der Waals surface area contributed by atoms with Crippen LogP contribution in [0.2, 0.25) is 0 Å². The Labute approximate surface area is 164 Å². The lowest BCUT2D eigenvalue weighted by molar-refractivity contribution is 0.102. The van der Waals surface area contributed by atoms with E-state index in [9.17, 15) is 9.59 Å². The summed E-state index contributed by atoms with van der Waals surface area (Å²) in [5, 5.41) is 3.48. The number of rotatable bonds is 4. The van der Waals surface area contributed by atoms with E-state index in [4.69, 9.17) is 4.74 Å². The number of amides is 1. The highest BCUT2D eigenvalue weighted by molar-refractivity contribution is 7.20. The van der Waals surface area contributed by atoms with E-state index in [1.165, 1.54) is 11.3 Å². The fourth-order valence-corrected chi connectivity index (χ4v) is 3.92. The number of benzene rings is 2. The predicted octanol–water partition coefficient (Wildman–Crippen LogP) is 3.60. The van der Waals surface area contributed by atoms with Crippen LogP contribution < -0.4 is 15.6 Å². The smallest absolute Gasteiger partial charge is 0.274 e. The number of carbonyl (C=O) groups is 1. The Kier molecular flexibility index (Phi) is 4.56. The molecule has 142 valence electrons. The molecule has 4 aromatic rings. The number of hydrogen-bond donors (Lipinski definition) is 1. The Hall–Kier alpha value is -3.26. The van der Waals surface area contributed by atoms with Crippen molar-refractivity contribution in [2.45, 2.75) is 20.4 Å². The first-order valence-corrected chi connectivity index (χ1v) is 9.59. The van der Waals surface area contributed by atoms with Gasteiger partial charge in [-0.05, 0) is 50.2 Å². The molecule has 0 aliphatic carbocycles. The highest BCUT2D eigenvalue weighted by Crippen LogP contribution is 2.29. The first-order valence-electron chi connectivity index (χ1n) is 8.77. The highest BCUT2D eigenvalue weighted by Gasteiger charge is 2.12. The van der Waals surface area contributed by atoms with Crippen molar-refractivity contribution < 1.29 is 9.53 Å². The monoisotopic (exact) mass is 394 g/mol. The number of carbonyl (C=O) groups excluding carboxylic acids is 1. The SMILES string of the molecule is CCn1c(=O)c(C)nc2cc(C(=O)Nc3ccc4nc(OC)sc4c3)ccc21. The van der Waals surface area contributed by atoms with Crippen LogP contribution in [0.5, 0.6) is 5.19 Å². The molecule has 1 N–H and O–H groups in total. The molecule has 0 unspecified atom stereocenters. The van der Waals surface area contributed by atoms with Gasteiger partial charge in [0.25, 0.3) is 16.7 Å². The van der Waals surface area contributed by atoms with Gasteiger partial charge in [-0.15, -0.1) is 0 Å². The van der Waals surface area contributed by atoms with Crippen LogP contribution in [-0.2, 0) is 6.54 Å². The molecule has 4 rings (SSSR count). The van der Waals surface area contributed by atoms with E-state index >= 15 is 0 Å². The Morgan fingerprint density at radius 1 is 1.18 bits per heavy atom. The standard InChI is InChI=1S/C20H18N4O3S/c1-4-24-16-8-5-12(9-15(16)21-11(2)19(24)26)18(25)22-13-6-7-14-17(10-13)28-20(23-14)27-3/h5-10H,4H2,1-3H3,(H,22,25). The van der Waals surface area contributed by atoms with Crippen molar-refractivity contribution in [3.8, 4) is 5.19 Å². The van der Waals surface area contributed by atoms with Crippen molar-refractivity contribution >= 4 is 44.2 Å². The summed E-state index contributed by atoms with van der Waals surface area (Å²) in [6.07, 6.45) is 0. The molecule has 0 saturated carbocycles. The van der Waals surface area contributed by atoms with Crippen molar-refractivity contribution in [3.63, 3.8) is 0 Å². The topological polar surface area (TPSA) is 86.1 Å². The van der Waals surface area contributed by atoms with Gasteiger partial charge >= 0.3 is 0 Å². The second kappa shape index (κ2) is 7.05. The van der Waals surface area contributed by atoms with Gasteiger partial charge in [0.1, 0.15) is 5.69 Å². The Balaban J connectivity index is 1.67. The number of aromatic nitrogens is 3. The molecule has 0 aliphatic heterocycles. The minimum absolute atomic E-state index is 0.111. The molecule has 28 heavy (non-hydrogen) atoms. The molecule has 0 atom stereocenters. The number of methoxy groups -OCH3 is 1. The van der Waals surface area contributed by atoms with Crippen molar-refractivity contribution in [2.75, 3.05) is 12.4 Å². The summed E-state index contributed by atoms with van der Waals surface area (Å²) < 4.78 is 7.74. The average molecular weight is 394 g/mol. The van der Waals surface area contributed by atoms with Gasteiger partial charge in [0.05, 0.1) is 28.4 Å².